The minimum Gasteiger partial charge on any atom is -0.382 e. The molecule has 0 aliphatic heterocycles. The third kappa shape index (κ3) is 7.18. The normalized spacial score (nSPS) is 15.1. The van der Waals surface area contributed by atoms with Crippen molar-refractivity contribution in [2.45, 2.75) is 65.0 Å². The van der Waals surface area contributed by atoms with Crippen LogP contribution in [0.15, 0.2) is 12.7 Å². The molecule has 2 heterocycles. The summed E-state index contributed by atoms with van der Waals surface area (Å²) >= 11 is 0. The maximum absolute atomic E-state index is 12.1. The largest absolute Gasteiger partial charge is 0.382 e. The number of ether oxygens (including phenoxy) is 1. The number of nitrogens with two attached hydrogens (primary N) is 1. The topological polar surface area (TPSA) is 125 Å². The maximum Gasteiger partial charge on any atom is 0.353 e. The van der Waals surface area contributed by atoms with Gasteiger partial charge in [-0.25, -0.2) is 15.0 Å². The van der Waals surface area contributed by atoms with Gasteiger partial charge in [-0.15, -0.1) is 0 Å². The third-order valence-corrected chi connectivity index (χ3v) is 5.26. The predicted molar refractivity (Wildman–Crippen MR) is 104 cm³/mol. The molecular weight excluding hydrogens is 369 g/mol. The van der Waals surface area contributed by atoms with Crippen LogP contribution in [-0.4, -0.2) is 43.5 Å². The van der Waals surface area contributed by atoms with Crippen molar-refractivity contribution in [1.82, 2.24) is 19.5 Å². The highest BCUT2D eigenvalue weighted by atomic mass is 31.2. The van der Waals surface area contributed by atoms with Gasteiger partial charge in [0.25, 0.3) is 0 Å². The van der Waals surface area contributed by atoms with Gasteiger partial charge in [0.2, 0.25) is 0 Å². The molecule has 0 radical (unpaired) electrons. The standard InChI is InChI=1S/C17H30N5O4P/c1-3-4-5-6-7-8-9-26-27(23,24)13-25-14(2)10-22-12-21-15-16(18)19-11-20-17(15)22/h11-12,14H,3-10,13H2,1-2H3,(H,23,24)(H2,18,19,20)/t14-/m1/s1. The lowest BCUT2D eigenvalue weighted by Gasteiger charge is -2.17. The highest BCUT2D eigenvalue weighted by molar-refractivity contribution is 7.52. The number of unbranched alkanes of at least 4 members (excludes halogenated alkanes) is 5. The first-order valence-corrected chi connectivity index (χ1v) is 11.2. The van der Waals surface area contributed by atoms with Crippen molar-refractivity contribution in [2.24, 2.45) is 0 Å². The second-order valence-electron chi connectivity index (χ2n) is 6.67. The summed E-state index contributed by atoms with van der Waals surface area (Å²) < 4.78 is 24.5. The lowest BCUT2D eigenvalue weighted by atomic mass is 10.1. The van der Waals surface area contributed by atoms with Gasteiger partial charge in [-0.3, -0.25) is 4.57 Å². The maximum atomic E-state index is 12.1. The Morgan fingerprint density at radius 3 is 2.74 bits per heavy atom. The Kier molecular flexibility index (Phi) is 8.63. The van der Waals surface area contributed by atoms with Gasteiger partial charge in [-0.2, -0.15) is 0 Å². The minimum absolute atomic E-state index is 0.278. The van der Waals surface area contributed by atoms with Crippen molar-refractivity contribution in [1.29, 1.82) is 0 Å². The van der Waals surface area contributed by atoms with Crippen molar-refractivity contribution >= 4 is 24.6 Å². The molecule has 27 heavy (non-hydrogen) atoms. The smallest absolute Gasteiger partial charge is 0.353 e. The Balaban J connectivity index is 1.71. The van der Waals surface area contributed by atoms with Crippen LogP contribution >= 0.6 is 7.60 Å². The molecule has 0 aliphatic carbocycles. The quantitative estimate of drug-likeness (QED) is 0.388. The highest BCUT2D eigenvalue weighted by Gasteiger charge is 2.21. The first kappa shape index (κ1) is 21.8. The molecule has 0 saturated heterocycles. The summed E-state index contributed by atoms with van der Waals surface area (Å²) in [4.78, 5) is 22.1. The van der Waals surface area contributed by atoms with Crippen LogP contribution in [0.1, 0.15) is 52.4 Å². The average Bonchev–Trinajstić information content (AvgIpc) is 3.04. The molecule has 0 aliphatic rings. The average molecular weight is 399 g/mol. The summed E-state index contributed by atoms with van der Waals surface area (Å²) in [6.45, 7) is 4.68. The summed E-state index contributed by atoms with van der Waals surface area (Å²) in [7, 11) is -3.75. The number of aromatic nitrogens is 4. The lowest BCUT2D eigenvalue weighted by molar-refractivity contribution is 0.0715. The monoisotopic (exact) mass is 399 g/mol. The van der Waals surface area contributed by atoms with Gasteiger partial charge in [0.1, 0.15) is 18.2 Å². The second kappa shape index (κ2) is 10.7. The zero-order chi connectivity index (χ0) is 19.7. The summed E-state index contributed by atoms with van der Waals surface area (Å²) in [5.41, 5.74) is 6.89. The van der Waals surface area contributed by atoms with Crippen LogP contribution in [0.4, 0.5) is 5.82 Å². The fourth-order valence-electron chi connectivity index (χ4n) is 2.71. The van der Waals surface area contributed by atoms with E-state index in [1.165, 1.54) is 25.6 Å². The number of anilines is 1. The van der Waals surface area contributed by atoms with Crippen molar-refractivity contribution < 1.29 is 18.7 Å². The molecule has 0 amide bonds. The first-order chi connectivity index (χ1) is 12.9. The van der Waals surface area contributed by atoms with E-state index in [2.05, 4.69) is 21.9 Å². The number of fused-ring (bicyclic) bond motifs is 1. The number of rotatable bonds is 13. The van der Waals surface area contributed by atoms with Crippen LogP contribution in [-0.2, 0) is 20.4 Å². The molecule has 0 spiro atoms. The van der Waals surface area contributed by atoms with Gasteiger partial charge in [0, 0.05) is 0 Å². The van der Waals surface area contributed by atoms with Crippen molar-refractivity contribution in [3.8, 4) is 0 Å². The first-order valence-electron chi connectivity index (χ1n) is 9.42. The molecule has 0 aromatic carbocycles. The Morgan fingerprint density at radius 2 is 1.96 bits per heavy atom. The SMILES string of the molecule is CCCCCCCCOP(=O)(O)CO[C@H](C)Cn1cnc2c(N)ncnc21. The molecule has 3 N–H and O–H groups in total. The van der Waals surface area contributed by atoms with Crippen LogP contribution in [0.2, 0.25) is 0 Å². The van der Waals surface area contributed by atoms with E-state index in [0.29, 0.717) is 23.5 Å². The van der Waals surface area contributed by atoms with E-state index in [1.807, 2.05) is 6.92 Å². The lowest BCUT2D eigenvalue weighted by Crippen LogP contribution is -2.17. The molecule has 9 nitrogen and oxygen atoms in total. The minimum atomic E-state index is -3.75. The van der Waals surface area contributed by atoms with Gasteiger partial charge < -0.3 is 24.5 Å². The molecular formula is C17H30N5O4P. The summed E-state index contributed by atoms with van der Waals surface area (Å²) in [5, 5.41) is 0. The fourth-order valence-corrected chi connectivity index (χ4v) is 3.64. The zero-order valence-electron chi connectivity index (χ0n) is 16.1. The second-order valence-corrected chi connectivity index (χ2v) is 8.46. The van der Waals surface area contributed by atoms with E-state index in [0.717, 1.165) is 19.3 Å². The van der Waals surface area contributed by atoms with Crippen molar-refractivity contribution in [3.05, 3.63) is 12.7 Å². The van der Waals surface area contributed by atoms with E-state index >= 15 is 0 Å². The molecule has 0 saturated carbocycles. The van der Waals surface area contributed by atoms with Crippen molar-refractivity contribution in [2.75, 3.05) is 18.7 Å². The van der Waals surface area contributed by atoms with Gasteiger partial charge in [-0.05, 0) is 13.3 Å². The number of hydrogen-bond donors (Lipinski definition) is 2. The van der Waals surface area contributed by atoms with Crippen LogP contribution in [0, 0.1) is 0 Å². The molecule has 2 rings (SSSR count). The molecule has 2 aromatic heterocycles. The molecule has 0 bridgehead atoms. The molecule has 0 fully saturated rings. The number of imidazole rings is 1. The molecule has 1 unspecified atom stereocenters. The van der Waals surface area contributed by atoms with Gasteiger partial charge in [-0.1, -0.05) is 39.0 Å². The Hall–Kier alpha value is -1.54. The molecule has 152 valence electrons. The van der Waals surface area contributed by atoms with Crippen molar-refractivity contribution in [3.63, 3.8) is 0 Å². The van der Waals surface area contributed by atoms with E-state index in [9.17, 15) is 9.46 Å². The summed E-state index contributed by atoms with van der Waals surface area (Å²) in [6, 6.07) is 0. The van der Waals surface area contributed by atoms with Crippen LogP contribution < -0.4 is 5.73 Å². The van der Waals surface area contributed by atoms with E-state index in [1.54, 1.807) is 10.9 Å². The molecule has 2 aromatic rings. The number of nitrogen functional groups attached to an aromatic ring is 1. The summed E-state index contributed by atoms with van der Waals surface area (Å²) in [6.07, 6.45) is 8.87. The van der Waals surface area contributed by atoms with Crippen LogP contribution in [0.5, 0.6) is 0 Å². The molecule has 10 heteroatoms. The predicted octanol–water partition coefficient (Wildman–Crippen LogP) is 3.33. The highest BCUT2D eigenvalue weighted by Crippen LogP contribution is 2.42. The van der Waals surface area contributed by atoms with Crippen LogP contribution in [0.25, 0.3) is 11.2 Å². The Morgan fingerprint density at radius 1 is 1.22 bits per heavy atom. The van der Waals surface area contributed by atoms with Gasteiger partial charge >= 0.3 is 7.60 Å². The van der Waals surface area contributed by atoms with Gasteiger partial charge in [0.15, 0.2) is 11.5 Å². The van der Waals surface area contributed by atoms with Gasteiger partial charge in [0.05, 0.1) is 25.6 Å². The number of hydrogen-bond acceptors (Lipinski definition) is 7. The van der Waals surface area contributed by atoms with E-state index in [-0.39, 0.29) is 19.1 Å². The molecule has 2 atom stereocenters. The fraction of sp³-hybridized carbons (Fsp3) is 0.706. The zero-order valence-corrected chi connectivity index (χ0v) is 17.0. The van der Waals surface area contributed by atoms with Crippen LogP contribution in [0.3, 0.4) is 0 Å². The number of nitrogens with zero attached hydrogens (tertiary/aromatic N) is 4. The van der Waals surface area contributed by atoms with E-state index < -0.39 is 7.60 Å². The Bertz CT molecular complexity index is 754. The Labute approximate surface area is 159 Å². The summed E-state index contributed by atoms with van der Waals surface area (Å²) in [5.74, 6) is 0.315. The third-order valence-electron chi connectivity index (χ3n) is 4.20. The van der Waals surface area contributed by atoms with E-state index in [4.69, 9.17) is 15.0 Å².